The number of aromatic nitrogens is 2. The summed E-state index contributed by atoms with van der Waals surface area (Å²) in [5, 5.41) is 15.6. The van der Waals surface area contributed by atoms with Crippen LogP contribution in [0.1, 0.15) is 35.6 Å². The van der Waals surface area contributed by atoms with Gasteiger partial charge in [0.25, 0.3) is 22.7 Å². The van der Waals surface area contributed by atoms with E-state index in [0.717, 1.165) is 12.1 Å². The molecule has 1 fully saturated rings. The minimum absolute atomic E-state index is 0.131. The Morgan fingerprint density at radius 1 is 1.22 bits per heavy atom. The normalized spacial score (nSPS) is 19.5. The predicted octanol–water partition coefficient (Wildman–Crippen LogP) is 2.98. The van der Waals surface area contributed by atoms with Crippen molar-refractivity contribution < 1.29 is 27.8 Å². The maximum Gasteiger partial charge on any atom is 0.275 e. The Hall–Kier alpha value is -3.71. The van der Waals surface area contributed by atoms with Crippen LogP contribution >= 0.6 is 11.6 Å². The molecule has 37 heavy (non-hydrogen) atoms. The summed E-state index contributed by atoms with van der Waals surface area (Å²) in [5.74, 6) is -5.37. The minimum Gasteiger partial charge on any atom is -0.504 e. The fourth-order valence-electron chi connectivity index (χ4n) is 4.07. The lowest BCUT2D eigenvalue weighted by Gasteiger charge is -2.34. The number of rotatable bonds is 7. The number of hydrogen-bond acceptors (Lipinski definition) is 9. The smallest absolute Gasteiger partial charge is 0.275 e. The molecule has 1 aromatic carbocycles. The summed E-state index contributed by atoms with van der Waals surface area (Å²) in [7, 11) is 2.89. The minimum atomic E-state index is -3.24. The van der Waals surface area contributed by atoms with Crippen LogP contribution in [0, 0.1) is 5.82 Å². The highest BCUT2D eigenvalue weighted by Crippen LogP contribution is 2.46. The van der Waals surface area contributed by atoms with Crippen molar-refractivity contribution in [1.29, 1.82) is 0 Å². The number of aromatic hydroxyl groups is 1. The van der Waals surface area contributed by atoms with E-state index in [0.29, 0.717) is 0 Å². The molecule has 196 valence electrons. The Labute approximate surface area is 212 Å². The summed E-state index contributed by atoms with van der Waals surface area (Å²) in [6.07, 6.45) is 0.353. The van der Waals surface area contributed by atoms with Crippen LogP contribution in [-0.2, 0) is 4.74 Å². The molecular formula is C23H21ClF3N5O5. The number of halogens is 4. The molecule has 2 aromatic heterocycles. The molecule has 14 heteroatoms. The Balaban J connectivity index is 1.74. The Bertz CT molecular complexity index is 1460. The Morgan fingerprint density at radius 3 is 2.51 bits per heavy atom. The second kappa shape index (κ2) is 9.30. The standard InChI is InChI=1S/C23H21ClF3N5O5/c1-22(8-23(26,27)9-37-22)20(13-10(25)4-5-12(24)30-13)31-15-14(18(34)19(15)35)29-11-6-7-28-16(17(11)33)21(36)32(2)3/h4-7,20,31,33H,8-9H2,1-3H3,(H,28,29)/t20-,22+/m0/s1. The number of ether oxygens (including phenoxy) is 1. The van der Waals surface area contributed by atoms with Crippen LogP contribution in [0.4, 0.5) is 30.2 Å². The lowest BCUT2D eigenvalue weighted by Crippen LogP contribution is -2.44. The number of carbonyl (C=O) groups is 1. The first-order valence-corrected chi connectivity index (χ1v) is 11.2. The van der Waals surface area contributed by atoms with Gasteiger partial charge in [0.15, 0.2) is 11.4 Å². The lowest BCUT2D eigenvalue weighted by molar-refractivity contribution is -0.0250. The third-order valence-electron chi connectivity index (χ3n) is 5.94. The molecule has 2 atom stereocenters. The average molecular weight is 540 g/mol. The molecule has 0 aliphatic carbocycles. The summed E-state index contributed by atoms with van der Waals surface area (Å²) < 4.78 is 48.4. The molecular weight excluding hydrogens is 519 g/mol. The molecule has 10 nitrogen and oxygen atoms in total. The molecule has 4 rings (SSSR count). The molecule has 0 bridgehead atoms. The molecule has 0 saturated carbocycles. The summed E-state index contributed by atoms with van der Waals surface area (Å²) >= 11 is 5.92. The molecule has 3 aromatic rings. The number of nitrogens with zero attached hydrogens (tertiary/aromatic N) is 3. The van der Waals surface area contributed by atoms with E-state index in [-0.39, 0.29) is 27.9 Å². The monoisotopic (exact) mass is 539 g/mol. The fourth-order valence-corrected chi connectivity index (χ4v) is 4.22. The predicted molar refractivity (Wildman–Crippen MR) is 128 cm³/mol. The van der Waals surface area contributed by atoms with Gasteiger partial charge in [-0.3, -0.25) is 14.4 Å². The van der Waals surface area contributed by atoms with Crippen molar-refractivity contribution >= 4 is 34.6 Å². The maximum absolute atomic E-state index is 14.8. The number of alkyl halides is 2. The number of hydrogen-bond donors (Lipinski definition) is 3. The molecule has 0 radical (unpaired) electrons. The van der Waals surface area contributed by atoms with E-state index >= 15 is 0 Å². The first kappa shape index (κ1) is 26.4. The van der Waals surface area contributed by atoms with Crippen molar-refractivity contribution in [2.24, 2.45) is 0 Å². The van der Waals surface area contributed by atoms with Gasteiger partial charge in [0.2, 0.25) is 0 Å². The highest BCUT2D eigenvalue weighted by molar-refractivity contribution is 6.29. The Kier molecular flexibility index (Phi) is 6.63. The van der Waals surface area contributed by atoms with E-state index in [1.165, 1.54) is 38.2 Å². The van der Waals surface area contributed by atoms with E-state index < -0.39 is 64.6 Å². The highest BCUT2D eigenvalue weighted by Gasteiger charge is 2.54. The van der Waals surface area contributed by atoms with Crippen molar-refractivity contribution in [3.8, 4) is 5.75 Å². The van der Waals surface area contributed by atoms with Gasteiger partial charge in [0.05, 0.1) is 11.3 Å². The highest BCUT2D eigenvalue weighted by atomic mass is 35.5. The van der Waals surface area contributed by atoms with Gasteiger partial charge in [0, 0.05) is 26.7 Å². The van der Waals surface area contributed by atoms with Gasteiger partial charge in [-0.15, -0.1) is 0 Å². The van der Waals surface area contributed by atoms with Gasteiger partial charge >= 0.3 is 0 Å². The maximum atomic E-state index is 14.8. The van der Waals surface area contributed by atoms with Crippen molar-refractivity contribution in [1.82, 2.24) is 14.9 Å². The van der Waals surface area contributed by atoms with E-state index in [2.05, 4.69) is 20.6 Å². The van der Waals surface area contributed by atoms with Crippen molar-refractivity contribution in [2.45, 2.75) is 30.9 Å². The number of nitrogens with one attached hydrogen (secondary N) is 2. The van der Waals surface area contributed by atoms with Crippen LogP contribution in [0.25, 0.3) is 0 Å². The number of pyridine rings is 2. The van der Waals surface area contributed by atoms with Gasteiger partial charge < -0.3 is 25.4 Å². The van der Waals surface area contributed by atoms with Gasteiger partial charge in [0.1, 0.15) is 40.7 Å². The number of amides is 1. The van der Waals surface area contributed by atoms with Gasteiger partial charge in [-0.05, 0) is 25.1 Å². The second-order valence-corrected chi connectivity index (χ2v) is 9.39. The number of anilines is 3. The van der Waals surface area contributed by atoms with Crippen LogP contribution in [0.15, 0.2) is 34.0 Å². The lowest BCUT2D eigenvalue weighted by atomic mass is 9.88. The van der Waals surface area contributed by atoms with Crippen LogP contribution in [0.2, 0.25) is 5.15 Å². The van der Waals surface area contributed by atoms with Crippen molar-refractivity contribution in [3.05, 3.63) is 67.2 Å². The first-order valence-electron chi connectivity index (χ1n) is 10.8. The molecule has 0 spiro atoms. The van der Waals surface area contributed by atoms with Crippen molar-refractivity contribution in [3.63, 3.8) is 0 Å². The molecule has 3 N–H and O–H groups in total. The van der Waals surface area contributed by atoms with Crippen LogP contribution < -0.4 is 21.5 Å². The van der Waals surface area contributed by atoms with E-state index in [1.807, 2.05) is 0 Å². The number of carbonyl (C=O) groups excluding carboxylic acids is 1. The van der Waals surface area contributed by atoms with Crippen LogP contribution in [-0.4, -0.2) is 58.1 Å². The molecule has 0 unspecified atom stereocenters. The summed E-state index contributed by atoms with van der Waals surface area (Å²) in [5.41, 5.74) is -5.37. The van der Waals surface area contributed by atoms with E-state index in [1.54, 1.807) is 0 Å². The van der Waals surface area contributed by atoms with Crippen LogP contribution in [0.3, 0.4) is 0 Å². The van der Waals surface area contributed by atoms with E-state index in [9.17, 15) is 32.7 Å². The average Bonchev–Trinajstić information content (AvgIpc) is 3.13. The van der Waals surface area contributed by atoms with E-state index in [4.69, 9.17) is 16.3 Å². The SMILES string of the molecule is CN(C)C(=O)c1nccc(Nc2c(N[C@@H](c3nc(Cl)ccc3F)[C@@]3(C)CC(F)(F)CO3)c(=O)c2=O)c1O. The zero-order valence-corrected chi connectivity index (χ0v) is 20.5. The van der Waals surface area contributed by atoms with Gasteiger partial charge in [-0.25, -0.2) is 23.1 Å². The molecule has 1 amide bonds. The van der Waals surface area contributed by atoms with Gasteiger partial charge in [-0.1, -0.05) is 11.6 Å². The molecule has 3 heterocycles. The Morgan fingerprint density at radius 2 is 1.89 bits per heavy atom. The second-order valence-electron chi connectivity index (χ2n) is 9.00. The summed E-state index contributed by atoms with van der Waals surface area (Å²) in [6, 6.07) is 1.92. The molecule has 1 aliphatic rings. The largest absolute Gasteiger partial charge is 0.504 e. The molecule has 1 aliphatic heterocycles. The topological polar surface area (TPSA) is 134 Å². The molecule has 1 saturated heterocycles. The third-order valence-corrected chi connectivity index (χ3v) is 6.15. The van der Waals surface area contributed by atoms with Crippen molar-refractivity contribution in [2.75, 3.05) is 31.3 Å². The third kappa shape index (κ3) is 4.83. The van der Waals surface area contributed by atoms with Gasteiger partial charge in [-0.2, -0.15) is 0 Å². The first-order chi connectivity index (χ1) is 17.2. The summed E-state index contributed by atoms with van der Waals surface area (Å²) in [6.45, 7) is 0.342. The quantitative estimate of drug-likeness (QED) is 0.306. The zero-order chi connectivity index (χ0) is 27.3. The van der Waals surface area contributed by atoms with Crippen LogP contribution in [0.5, 0.6) is 5.75 Å². The zero-order valence-electron chi connectivity index (χ0n) is 19.7. The summed E-state index contributed by atoms with van der Waals surface area (Å²) in [4.78, 5) is 46.1. The fraction of sp³-hybridized carbons (Fsp3) is 0.348.